The first-order valence-corrected chi connectivity index (χ1v) is 10.2. The Bertz CT molecular complexity index is 1030. The van der Waals surface area contributed by atoms with Crippen LogP contribution in [-0.2, 0) is 21.0 Å². The maximum atomic E-state index is 12.7. The zero-order valence-electron chi connectivity index (χ0n) is 14.7. The average molecular weight is 449 g/mol. The third-order valence-electron chi connectivity index (χ3n) is 3.56. The van der Waals surface area contributed by atoms with Crippen molar-refractivity contribution in [2.75, 3.05) is 18.1 Å². The van der Waals surface area contributed by atoms with Crippen molar-refractivity contribution in [3.63, 3.8) is 0 Å². The first-order chi connectivity index (χ1) is 13.4. The molecule has 2 N–H and O–H groups in total. The third-order valence-corrected chi connectivity index (χ3v) is 6.05. The summed E-state index contributed by atoms with van der Waals surface area (Å²) in [5.74, 6) is -0.878. The summed E-state index contributed by atoms with van der Waals surface area (Å²) < 4.78 is 63.5. The van der Waals surface area contributed by atoms with Gasteiger partial charge in [0.15, 0.2) is 0 Å². The second kappa shape index (κ2) is 8.80. The summed E-state index contributed by atoms with van der Waals surface area (Å²) in [7, 11) is -2.37. The quantitative estimate of drug-likeness (QED) is 0.381. The number of nitro benzene ring substituents is 1. The molecule has 0 radical (unpaired) electrons. The van der Waals surface area contributed by atoms with E-state index in [-0.39, 0.29) is 21.2 Å². The summed E-state index contributed by atoms with van der Waals surface area (Å²) in [5.41, 5.74) is -1.62. The van der Waals surface area contributed by atoms with Gasteiger partial charge >= 0.3 is 6.18 Å². The van der Waals surface area contributed by atoms with Crippen LogP contribution in [0.5, 0.6) is 0 Å². The molecule has 0 aromatic heterocycles. The van der Waals surface area contributed by atoms with Crippen LogP contribution in [-0.4, -0.2) is 32.0 Å². The van der Waals surface area contributed by atoms with Crippen LogP contribution in [0.25, 0.3) is 0 Å². The Labute approximate surface area is 167 Å². The van der Waals surface area contributed by atoms with Crippen LogP contribution >= 0.6 is 11.8 Å². The SMILES string of the molecule is CNS(=O)(=O)c1ccc(NC(=O)CSc2ccc(C(F)(F)F)cc2[N+](=O)[O-])cc1. The molecule has 2 aromatic rings. The summed E-state index contributed by atoms with van der Waals surface area (Å²) in [6.45, 7) is 0. The number of carbonyl (C=O) groups is 1. The lowest BCUT2D eigenvalue weighted by atomic mass is 10.2. The number of amides is 1. The van der Waals surface area contributed by atoms with Gasteiger partial charge in [-0.25, -0.2) is 13.1 Å². The highest BCUT2D eigenvalue weighted by molar-refractivity contribution is 8.00. The largest absolute Gasteiger partial charge is 0.416 e. The van der Waals surface area contributed by atoms with Gasteiger partial charge in [0.25, 0.3) is 5.69 Å². The van der Waals surface area contributed by atoms with Crippen molar-refractivity contribution in [1.29, 1.82) is 0 Å². The number of nitrogens with one attached hydrogen (secondary N) is 2. The Morgan fingerprint density at radius 2 is 1.79 bits per heavy atom. The number of rotatable bonds is 7. The molecule has 156 valence electrons. The second-order valence-electron chi connectivity index (χ2n) is 5.51. The van der Waals surface area contributed by atoms with E-state index in [0.29, 0.717) is 23.9 Å². The van der Waals surface area contributed by atoms with Gasteiger partial charge in [0.1, 0.15) is 0 Å². The standard InChI is InChI=1S/C16H14F3N3O5S2/c1-20-29(26,27)12-5-3-11(4-6-12)21-15(23)9-28-14-7-2-10(16(17,18)19)8-13(14)22(24)25/h2-8,20H,9H2,1H3,(H,21,23). The van der Waals surface area contributed by atoms with Crippen LogP contribution in [0.1, 0.15) is 5.56 Å². The number of carbonyl (C=O) groups excluding carboxylic acids is 1. The van der Waals surface area contributed by atoms with E-state index in [1.54, 1.807) is 0 Å². The highest BCUT2D eigenvalue weighted by atomic mass is 32.2. The minimum Gasteiger partial charge on any atom is -0.325 e. The van der Waals surface area contributed by atoms with Gasteiger partial charge in [-0.3, -0.25) is 14.9 Å². The Morgan fingerprint density at radius 1 is 1.17 bits per heavy atom. The summed E-state index contributed by atoms with van der Waals surface area (Å²) in [4.78, 5) is 22.0. The van der Waals surface area contributed by atoms with Crippen LogP contribution < -0.4 is 10.0 Å². The van der Waals surface area contributed by atoms with Crippen molar-refractivity contribution in [3.05, 3.63) is 58.1 Å². The smallest absolute Gasteiger partial charge is 0.325 e. The van der Waals surface area contributed by atoms with Crippen molar-refractivity contribution in [3.8, 4) is 0 Å². The van der Waals surface area contributed by atoms with Gasteiger partial charge < -0.3 is 5.32 Å². The highest BCUT2D eigenvalue weighted by Gasteiger charge is 2.33. The molecule has 1 amide bonds. The number of sulfonamides is 1. The molecule has 0 spiro atoms. The van der Waals surface area contributed by atoms with E-state index in [0.717, 1.165) is 6.07 Å². The molecule has 29 heavy (non-hydrogen) atoms. The molecule has 13 heteroatoms. The summed E-state index contributed by atoms with van der Waals surface area (Å²) in [6, 6.07) is 7.32. The first-order valence-electron chi connectivity index (χ1n) is 7.76. The van der Waals surface area contributed by atoms with Crippen molar-refractivity contribution >= 4 is 39.1 Å². The molecule has 0 heterocycles. The van der Waals surface area contributed by atoms with Gasteiger partial charge in [0.2, 0.25) is 15.9 Å². The van der Waals surface area contributed by atoms with Gasteiger partial charge in [0, 0.05) is 11.8 Å². The molecular weight excluding hydrogens is 435 g/mol. The Morgan fingerprint density at radius 3 is 2.31 bits per heavy atom. The number of benzene rings is 2. The first kappa shape index (κ1) is 22.6. The zero-order chi connectivity index (χ0) is 21.8. The fraction of sp³-hybridized carbons (Fsp3) is 0.188. The number of halogens is 3. The molecule has 2 aromatic carbocycles. The van der Waals surface area contributed by atoms with Crippen molar-refractivity contribution < 1.29 is 31.3 Å². The second-order valence-corrected chi connectivity index (χ2v) is 8.41. The normalized spacial score (nSPS) is 11.9. The van der Waals surface area contributed by atoms with Crippen LogP contribution in [0, 0.1) is 10.1 Å². The molecule has 0 saturated carbocycles. The highest BCUT2D eigenvalue weighted by Crippen LogP contribution is 2.36. The summed E-state index contributed by atoms with van der Waals surface area (Å²) >= 11 is 0.706. The third kappa shape index (κ3) is 5.92. The van der Waals surface area contributed by atoms with Crippen molar-refractivity contribution in [1.82, 2.24) is 4.72 Å². The van der Waals surface area contributed by atoms with Crippen LogP contribution in [0.2, 0.25) is 0 Å². The number of anilines is 1. The molecule has 0 aliphatic carbocycles. The minimum absolute atomic E-state index is 0.00671. The van der Waals surface area contributed by atoms with E-state index >= 15 is 0 Å². The minimum atomic E-state index is -4.72. The number of alkyl halides is 3. The Balaban J connectivity index is 2.06. The summed E-state index contributed by atoms with van der Waals surface area (Å²) in [5, 5.41) is 13.5. The number of hydrogen-bond donors (Lipinski definition) is 2. The molecule has 0 bridgehead atoms. The lowest BCUT2D eigenvalue weighted by molar-refractivity contribution is -0.388. The topological polar surface area (TPSA) is 118 Å². The lowest BCUT2D eigenvalue weighted by Gasteiger charge is -2.09. The number of thioether (sulfide) groups is 1. The predicted octanol–water partition coefficient (Wildman–Crippen LogP) is 3.25. The maximum absolute atomic E-state index is 12.7. The van der Waals surface area contributed by atoms with E-state index < -0.39 is 38.3 Å². The molecule has 0 unspecified atom stereocenters. The van der Waals surface area contributed by atoms with Gasteiger partial charge in [0.05, 0.1) is 26.0 Å². The molecular formula is C16H14F3N3O5S2. The molecule has 0 atom stereocenters. The van der Waals surface area contributed by atoms with E-state index in [1.165, 1.54) is 31.3 Å². The van der Waals surface area contributed by atoms with E-state index in [4.69, 9.17) is 0 Å². The Kier molecular flexibility index (Phi) is 6.87. The van der Waals surface area contributed by atoms with Gasteiger partial charge in [-0.2, -0.15) is 13.2 Å². The zero-order valence-corrected chi connectivity index (χ0v) is 16.3. The lowest BCUT2D eigenvalue weighted by Crippen LogP contribution is -2.18. The van der Waals surface area contributed by atoms with E-state index in [1.807, 2.05) is 0 Å². The molecule has 8 nitrogen and oxygen atoms in total. The number of hydrogen-bond acceptors (Lipinski definition) is 6. The molecule has 0 saturated heterocycles. The Hall–Kier alpha value is -2.64. The maximum Gasteiger partial charge on any atom is 0.416 e. The number of nitrogens with zero attached hydrogens (tertiary/aromatic N) is 1. The predicted molar refractivity (Wildman–Crippen MR) is 100 cm³/mol. The van der Waals surface area contributed by atoms with E-state index in [9.17, 15) is 36.5 Å². The molecule has 0 aliphatic rings. The van der Waals surface area contributed by atoms with Gasteiger partial charge in [-0.1, -0.05) is 0 Å². The molecule has 2 rings (SSSR count). The van der Waals surface area contributed by atoms with Crippen LogP contribution in [0.3, 0.4) is 0 Å². The monoisotopic (exact) mass is 449 g/mol. The number of nitro groups is 1. The fourth-order valence-electron chi connectivity index (χ4n) is 2.13. The fourth-order valence-corrected chi connectivity index (χ4v) is 3.67. The van der Waals surface area contributed by atoms with Crippen LogP contribution in [0.4, 0.5) is 24.5 Å². The van der Waals surface area contributed by atoms with Crippen molar-refractivity contribution in [2.45, 2.75) is 16.0 Å². The van der Waals surface area contributed by atoms with Crippen LogP contribution in [0.15, 0.2) is 52.3 Å². The van der Waals surface area contributed by atoms with E-state index in [2.05, 4.69) is 10.0 Å². The van der Waals surface area contributed by atoms with Crippen molar-refractivity contribution in [2.24, 2.45) is 0 Å². The van der Waals surface area contributed by atoms with Gasteiger partial charge in [-0.05, 0) is 43.4 Å². The molecule has 0 aliphatic heterocycles. The van der Waals surface area contributed by atoms with Gasteiger partial charge in [-0.15, -0.1) is 11.8 Å². The molecule has 0 fully saturated rings. The summed E-state index contributed by atoms with van der Waals surface area (Å²) in [6.07, 6.45) is -4.72. The average Bonchev–Trinajstić information content (AvgIpc) is 2.65.